The van der Waals surface area contributed by atoms with Gasteiger partial charge in [0, 0.05) is 32.9 Å². The van der Waals surface area contributed by atoms with E-state index in [4.69, 9.17) is 0 Å². The number of aromatic nitrogens is 4. The van der Waals surface area contributed by atoms with E-state index in [0.717, 1.165) is 16.0 Å². The van der Waals surface area contributed by atoms with Gasteiger partial charge in [-0.25, -0.2) is 4.79 Å². The highest BCUT2D eigenvalue weighted by atomic mass is 16.2. The molecular weight excluding hydrogens is 308 g/mol. The molecule has 8 nitrogen and oxygen atoms in total. The third-order valence-corrected chi connectivity index (χ3v) is 3.98. The van der Waals surface area contributed by atoms with Gasteiger partial charge in [0.25, 0.3) is 5.56 Å². The molecule has 0 unspecified atom stereocenters. The summed E-state index contributed by atoms with van der Waals surface area (Å²) in [6.45, 7) is 7.19. The normalized spacial score (nSPS) is 12.0. The zero-order chi connectivity index (χ0) is 18.0. The molecule has 2 aromatic heterocycles. The fourth-order valence-corrected chi connectivity index (χ4v) is 2.64. The Morgan fingerprint density at radius 3 is 2.50 bits per heavy atom. The molecule has 1 atom stereocenters. The van der Waals surface area contributed by atoms with Crippen LogP contribution in [0.3, 0.4) is 0 Å². The molecule has 2 rings (SSSR count). The molecule has 128 valence electrons. The van der Waals surface area contributed by atoms with Crippen molar-refractivity contribution < 1.29 is 0 Å². The molecule has 2 heterocycles. The molecule has 0 aliphatic rings. The van der Waals surface area contributed by atoms with Gasteiger partial charge < -0.3 is 5.32 Å². The van der Waals surface area contributed by atoms with Crippen molar-refractivity contribution in [3.8, 4) is 6.07 Å². The Morgan fingerprint density at radius 1 is 1.29 bits per heavy atom. The second-order valence-corrected chi connectivity index (χ2v) is 6.14. The predicted octanol–water partition coefficient (Wildman–Crippen LogP) is 0.517. The van der Waals surface area contributed by atoms with Gasteiger partial charge in [-0.15, -0.1) is 0 Å². The van der Waals surface area contributed by atoms with Crippen molar-refractivity contribution in [2.24, 2.45) is 20.0 Å². The summed E-state index contributed by atoms with van der Waals surface area (Å²) in [5.41, 5.74) is 0.936. The number of anilines is 1. The molecule has 1 N–H and O–H groups in total. The summed E-state index contributed by atoms with van der Waals surface area (Å²) in [4.78, 5) is 24.1. The first-order valence-corrected chi connectivity index (χ1v) is 7.71. The lowest BCUT2D eigenvalue weighted by atomic mass is 10.1. The molecule has 0 aliphatic heterocycles. The summed E-state index contributed by atoms with van der Waals surface area (Å²) in [5, 5.41) is 16.7. The van der Waals surface area contributed by atoms with Crippen LogP contribution in [0.25, 0.3) is 0 Å². The molecule has 24 heavy (non-hydrogen) atoms. The highest BCUT2D eigenvalue weighted by Crippen LogP contribution is 2.10. The molecule has 0 saturated carbocycles. The van der Waals surface area contributed by atoms with Crippen LogP contribution in [0.4, 0.5) is 5.82 Å². The first kappa shape index (κ1) is 17.5. The predicted molar refractivity (Wildman–Crippen MR) is 91.0 cm³/mol. The van der Waals surface area contributed by atoms with E-state index in [1.807, 2.05) is 37.6 Å². The monoisotopic (exact) mass is 330 g/mol. The molecule has 0 amide bonds. The van der Waals surface area contributed by atoms with Crippen LogP contribution in [-0.2, 0) is 20.6 Å². The van der Waals surface area contributed by atoms with Gasteiger partial charge in [0.05, 0.1) is 5.69 Å². The Bertz CT molecular complexity index is 912. The molecule has 2 aromatic rings. The van der Waals surface area contributed by atoms with Gasteiger partial charge in [0.2, 0.25) is 0 Å². The van der Waals surface area contributed by atoms with Gasteiger partial charge >= 0.3 is 5.69 Å². The van der Waals surface area contributed by atoms with Crippen LogP contribution >= 0.6 is 0 Å². The summed E-state index contributed by atoms with van der Waals surface area (Å²) >= 11 is 0. The molecule has 8 heteroatoms. The van der Waals surface area contributed by atoms with Crippen LogP contribution in [0.1, 0.15) is 23.9 Å². The summed E-state index contributed by atoms with van der Waals surface area (Å²) in [6, 6.07) is 3.90. The Hall–Kier alpha value is -2.82. The standard InChI is InChI=1S/C16H22N6O2/c1-10(9-22-12(3)6-11(2)19-22)8-18-14-13(7-17)15(23)21(5)16(24)20(14)4/h6,10,18H,8-9H2,1-5H3/t10-/m1/s1. The van der Waals surface area contributed by atoms with Crippen LogP contribution < -0.4 is 16.6 Å². The zero-order valence-electron chi connectivity index (χ0n) is 14.6. The van der Waals surface area contributed by atoms with E-state index in [-0.39, 0.29) is 17.3 Å². The first-order chi connectivity index (χ1) is 11.3. The summed E-state index contributed by atoms with van der Waals surface area (Å²) in [7, 11) is 2.90. The number of nitrogens with one attached hydrogen (secondary N) is 1. The molecule has 0 fully saturated rings. The van der Waals surface area contributed by atoms with Crippen LogP contribution in [0.15, 0.2) is 15.7 Å². The summed E-state index contributed by atoms with van der Waals surface area (Å²) in [5.74, 6) is 0.444. The maximum atomic E-state index is 12.0. The van der Waals surface area contributed by atoms with Crippen molar-refractivity contribution in [3.05, 3.63) is 43.9 Å². The third-order valence-electron chi connectivity index (χ3n) is 3.98. The number of nitriles is 1. The number of nitrogens with zero attached hydrogens (tertiary/aromatic N) is 5. The zero-order valence-corrected chi connectivity index (χ0v) is 14.6. The maximum absolute atomic E-state index is 12.0. The van der Waals surface area contributed by atoms with Gasteiger partial charge in [-0.3, -0.25) is 18.6 Å². The van der Waals surface area contributed by atoms with Crippen molar-refractivity contribution >= 4 is 5.82 Å². The van der Waals surface area contributed by atoms with Crippen LogP contribution in [0.5, 0.6) is 0 Å². The highest BCUT2D eigenvalue weighted by Gasteiger charge is 2.16. The summed E-state index contributed by atoms with van der Waals surface area (Å²) < 4.78 is 4.15. The minimum absolute atomic E-state index is 0.0575. The van der Waals surface area contributed by atoms with Crippen molar-refractivity contribution in [1.29, 1.82) is 5.26 Å². The minimum Gasteiger partial charge on any atom is -0.370 e. The Labute approximate surface area is 140 Å². The average molecular weight is 330 g/mol. The van der Waals surface area contributed by atoms with Crippen molar-refractivity contribution in [3.63, 3.8) is 0 Å². The number of hydrogen-bond donors (Lipinski definition) is 1. The third kappa shape index (κ3) is 3.25. The summed E-state index contributed by atoms with van der Waals surface area (Å²) in [6.07, 6.45) is 0. The van der Waals surface area contributed by atoms with E-state index in [1.54, 1.807) is 0 Å². The second-order valence-electron chi connectivity index (χ2n) is 6.14. The quantitative estimate of drug-likeness (QED) is 0.862. The van der Waals surface area contributed by atoms with E-state index in [1.165, 1.54) is 18.7 Å². The van der Waals surface area contributed by atoms with E-state index >= 15 is 0 Å². The number of aryl methyl sites for hydroxylation is 2. The fraction of sp³-hybridized carbons (Fsp3) is 0.500. The van der Waals surface area contributed by atoms with Crippen LogP contribution in [-0.4, -0.2) is 25.5 Å². The largest absolute Gasteiger partial charge is 0.370 e. The topological polar surface area (TPSA) is 97.6 Å². The lowest BCUT2D eigenvalue weighted by Gasteiger charge is -2.17. The van der Waals surface area contributed by atoms with Crippen LogP contribution in [0.2, 0.25) is 0 Å². The Balaban J connectivity index is 2.20. The average Bonchev–Trinajstić information content (AvgIpc) is 2.84. The van der Waals surface area contributed by atoms with Crippen molar-refractivity contribution in [2.45, 2.75) is 27.3 Å². The minimum atomic E-state index is -0.589. The maximum Gasteiger partial charge on any atom is 0.332 e. The molecular formula is C16H22N6O2. The van der Waals surface area contributed by atoms with Gasteiger partial charge in [-0.2, -0.15) is 10.4 Å². The lowest BCUT2D eigenvalue weighted by molar-refractivity contribution is 0.457. The van der Waals surface area contributed by atoms with E-state index in [0.29, 0.717) is 13.1 Å². The van der Waals surface area contributed by atoms with E-state index in [9.17, 15) is 14.9 Å². The van der Waals surface area contributed by atoms with Crippen molar-refractivity contribution in [2.75, 3.05) is 11.9 Å². The molecule has 0 aromatic carbocycles. The van der Waals surface area contributed by atoms with Gasteiger partial charge in [0.1, 0.15) is 11.9 Å². The van der Waals surface area contributed by atoms with E-state index in [2.05, 4.69) is 10.4 Å². The Morgan fingerprint density at radius 2 is 1.96 bits per heavy atom. The van der Waals surface area contributed by atoms with E-state index < -0.39 is 11.2 Å². The molecule has 0 bridgehead atoms. The van der Waals surface area contributed by atoms with Gasteiger partial charge in [0.15, 0.2) is 5.56 Å². The molecule has 0 radical (unpaired) electrons. The van der Waals surface area contributed by atoms with Gasteiger partial charge in [-0.1, -0.05) is 6.92 Å². The highest BCUT2D eigenvalue weighted by molar-refractivity contribution is 5.51. The first-order valence-electron chi connectivity index (χ1n) is 7.71. The molecule has 0 saturated heterocycles. The Kier molecular flexibility index (Phi) is 4.93. The molecule has 0 spiro atoms. The lowest BCUT2D eigenvalue weighted by Crippen LogP contribution is -2.40. The number of hydrogen-bond acceptors (Lipinski definition) is 5. The SMILES string of the molecule is Cc1cc(C)n(C[C@H](C)CNc2c(C#N)c(=O)n(C)c(=O)n2C)n1. The van der Waals surface area contributed by atoms with Crippen LogP contribution in [0, 0.1) is 31.1 Å². The molecule has 0 aliphatic carbocycles. The smallest absolute Gasteiger partial charge is 0.332 e. The number of rotatable bonds is 5. The second kappa shape index (κ2) is 6.74. The van der Waals surface area contributed by atoms with Crippen molar-refractivity contribution in [1.82, 2.24) is 18.9 Å². The van der Waals surface area contributed by atoms with Gasteiger partial charge in [-0.05, 0) is 25.8 Å². The fourth-order valence-electron chi connectivity index (χ4n) is 2.64.